The molecular weight excluding hydrogens is 148 g/mol. The minimum atomic E-state index is -0.428. The lowest BCUT2D eigenvalue weighted by Crippen LogP contribution is -1.99. The Balaban J connectivity index is 2.93. The number of hydrogen-bond donors (Lipinski definition) is 1. The molecule has 0 fully saturated rings. The van der Waals surface area contributed by atoms with E-state index in [1.54, 1.807) is 0 Å². The van der Waals surface area contributed by atoms with Crippen LogP contribution in [0.2, 0.25) is 0 Å². The molecule has 0 aliphatic carbocycles. The molecule has 1 aromatic rings. The predicted octanol–water partition coefficient (Wildman–Crippen LogP) is 2.40. The van der Waals surface area contributed by atoms with Crippen molar-refractivity contribution in [1.29, 1.82) is 0 Å². The minimum absolute atomic E-state index is 0.215. The third kappa shape index (κ3) is 1.90. The summed E-state index contributed by atoms with van der Waals surface area (Å²) in [7, 11) is 0. The highest BCUT2D eigenvalue weighted by atomic mass is 19.1. The Morgan fingerprint density at radius 2 is 2.09 bits per heavy atom. The van der Waals surface area contributed by atoms with Crippen molar-refractivity contribution in [3.63, 3.8) is 0 Å². The van der Waals surface area contributed by atoms with E-state index in [1.807, 2.05) is 6.92 Å². The summed E-state index contributed by atoms with van der Waals surface area (Å²) >= 11 is 0. The molecule has 0 saturated heterocycles. The second-order valence-corrected chi connectivity index (χ2v) is 2.15. The van der Waals surface area contributed by atoms with Crippen molar-refractivity contribution in [3.05, 3.63) is 29.8 Å². The highest BCUT2D eigenvalue weighted by Crippen LogP contribution is 2.14. The highest BCUT2D eigenvalue weighted by Gasteiger charge is 2.00. The number of benzene rings is 1. The lowest BCUT2D eigenvalue weighted by atomic mass is 10.3. The number of hydrogen-bond acceptors (Lipinski definition) is 1. The molecule has 60 valence electrons. The molecule has 0 radical (unpaired) electrons. The van der Waals surface area contributed by atoms with Gasteiger partial charge in [0.1, 0.15) is 11.6 Å². The molecule has 0 atom stereocenters. The molecule has 0 aromatic heterocycles. The van der Waals surface area contributed by atoms with Crippen LogP contribution in [-0.2, 0) is 0 Å². The van der Waals surface area contributed by atoms with Crippen molar-refractivity contribution in [1.82, 2.24) is 0 Å². The molecule has 1 nitrogen and oxygen atoms in total. The first-order valence-electron chi connectivity index (χ1n) is 3.43. The molecule has 0 aliphatic heterocycles. The van der Waals surface area contributed by atoms with Crippen molar-refractivity contribution < 1.29 is 8.78 Å². The van der Waals surface area contributed by atoms with Crippen LogP contribution in [0.5, 0.6) is 0 Å². The summed E-state index contributed by atoms with van der Waals surface area (Å²) in [5.41, 5.74) is 0.215. The van der Waals surface area contributed by atoms with Gasteiger partial charge >= 0.3 is 0 Å². The summed E-state index contributed by atoms with van der Waals surface area (Å²) in [6, 6.07) is 3.34. The number of halogens is 2. The first-order valence-corrected chi connectivity index (χ1v) is 3.43. The van der Waals surface area contributed by atoms with Crippen LogP contribution in [0.1, 0.15) is 6.92 Å². The molecule has 0 aliphatic rings. The molecule has 1 rings (SSSR count). The topological polar surface area (TPSA) is 12.0 Å². The second-order valence-electron chi connectivity index (χ2n) is 2.15. The maximum atomic E-state index is 12.7. The fourth-order valence-electron chi connectivity index (χ4n) is 0.823. The van der Waals surface area contributed by atoms with Crippen LogP contribution in [0.3, 0.4) is 0 Å². The quantitative estimate of drug-likeness (QED) is 0.695. The summed E-state index contributed by atoms with van der Waals surface area (Å²) in [5, 5.41) is 2.70. The van der Waals surface area contributed by atoms with E-state index in [2.05, 4.69) is 5.32 Å². The van der Waals surface area contributed by atoms with Gasteiger partial charge in [0.2, 0.25) is 0 Å². The van der Waals surface area contributed by atoms with Gasteiger partial charge in [0.05, 0.1) is 5.69 Å². The Morgan fingerprint density at radius 1 is 1.36 bits per heavy atom. The van der Waals surface area contributed by atoms with Crippen molar-refractivity contribution in [3.8, 4) is 0 Å². The third-order valence-electron chi connectivity index (χ3n) is 1.30. The van der Waals surface area contributed by atoms with E-state index < -0.39 is 11.6 Å². The Labute approximate surface area is 64.0 Å². The molecule has 11 heavy (non-hydrogen) atoms. The number of anilines is 1. The Kier molecular flexibility index (Phi) is 2.41. The molecule has 0 saturated carbocycles. The van der Waals surface area contributed by atoms with Gasteiger partial charge in [-0.25, -0.2) is 8.78 Å². The average molecular weight is 157 g/mol. The van der Waals surface area contributed by atoms with E-state index in [9.17, 15) is 8.78 Å². The van der Waals surface area contributed by atoms with Gasteiger partial charge in [0.15, 0.2) is 0 Å². The number of rotatable bonds is 2. The van der Waals surface area contributed by atoms with Crippen molar-refractivity contribution in [2.75, 3.05) is 11.9 Å². The zero-order chi connectivity index (χ0) is 8.27. The third-order valence-corrected chi connectivity index (χ3v) is 1.30. The van der Waals surface area contributed by atoms with Gasteiger partial charge in [-0.2, -0.15) is 0 Å². The van der Waals surface area contributed by atoms with Crippen molar-refractivity contribution in [2.24, 2.45) is 0 Å². The average Bonchev–Trinajstić information content (AvgIpc) is 1.98. The van der Waals surface area contributed by atoms with Crippen LogP contribution in [0.25, 0.3) is 0 Å². The van der Waals surface area contributed by atoms with E-state index in [4.69, 9.17) is 0 Å². The Bertz CT molecular complexity index is 248. The lowest BCUT2D eigenvalue weighted by molar-refractivity contribution is 0.602. The van der Waals surface area contributed by atoms with Gasteiger partial charge in [0.25, 0.3) is 0 Å². The van der Waals surface area contributed by atoms with Crippen LogP contribution in [0.4, 0.5) is 14.5 Å². The zero-order valence-electron chi connectivity index (χ0n) is 6.20. The molecule has 1 N–H and O–H groups in total. The summed E-state index contributed by atoms with van der Waals surface area (Å²) in [5.74, 6) is -0.851. The largest absolute Gasteiger partial charge is 0.383 e. The van der Waals surface area contributed by atoms with E-state index >= 15 is 0 Å². The monoisotopic (exact) mass is 157 g/mol. The lowest BCUT2D eigenvalue weighted by Gasteiger charge is -2.03. The number of nitrogens with one attached hydrogen (secondary N) is 1. The fraction of sp³-hybridized carbons (Fsp3) is 0.250. The first-order chi connectivity index (χ1) is 5.24. The normalized spacial score (nSPS) is 9.73. The standard InChI is InChI=1S/C8H9F2N/c1-2-11-8-5-6(9)3-4-7(8)10/h3-5,11H,2H2,1H3. The van der Waals surface area contributed by atoms with E-state index in [1.165, 1.54) is 0 Å². The fourth-order valence-corrected chi connectivity index (χ4v) is 0.823. The SMILES string of the molecule is CCNc1cc(F)ccc1F. The highest BCUT2D eigenvalue weighted by molar-refractivity contribution is 5.44. The van der Waals surface area contributed by atoms with Crippen molar-refractivity contribution >= 4 is 5.69 Å². The molecule has 0 heterocycles. The summed E-state index contributed by atoms with van der Waals surface area (Å²) in [4.78, 5) is 0. The van der Waals surface area contributed by atoms with Crippen molar-refractivity contribution in [2.45, 2.75) is 6.92 Å². The van der Waals surface area contributed by atoms with Gasteiger partial charge in [-0.3, -0.25) is 0 Å². The molecular formula is C8H9F2N. The molecule has 0 unspecified atom stereocenters. The predicted molar refractivity (Wildman–Crippen MR) is 40.5 cm³/mol. The summed E-state index contributed by atoms with van der Waals surface area (Å²) < 4.78 is 25.2. The smallest absolute Gasteiger partial charge is 0.146 e. The molecule has 0 amide bonds. The van der Waals surface area contributed by atoms with Gasteiger partial charge in [0, 0.05) is 6.54 Å². The zero-order valence-corrected chi connectivity index (χ0v) is 6.20. The van der Waals surface area contributed by atoms with Gasteiger partial charge in [-0.1, -0.05) is 0 Å². The summed E-state index contributed by atoms with van der Waals surface area (Å²) in [6.45, 7) is 2.41. The van der Waals surface area contributed by atoms with Crippen LogP contribution >= 0.6 is 0 Å². The second kappa shape index (κ2) is 3.32. The first kappa shape index (κ1) is 7.98. The van der Waals surface area contributed by atoms with Crippen LogP contribution in [-0.4, -0.2) is 6.54 Å². The van der Waals surface area contributed by atoms with Gasteiger partial charge < -0.3 is 5.32 Å². The summed E-state index contributed by atoms with van der Waals surface area (Å²) in [6.07, 6.45) is 0. The molecule has 3 heteroatoms. The van der Waals surface area contributed by atoms with E-state index in [-0.39, 0.29) is 5.69 Å². The maximum absolute atomic E-state index is 12.7. The van der Waals surface area contributed by atoms with Gasteiger partial charge in [-0.05, 0) is 25.1 Å². The van der Waals surface area contributed by atoms with Crippen LogP contribution in [0.15, 0.2) is 18.2 Å². The van der Waals surface area contributed by atoms with Crippen LogP contribution < -0.4 is 5.32 Å². The van der Waals surface area contributed by atoms with E-state index in [0.29, 0.717) is 6.54 Å². The molecule has 0 spiro atoms. The van der Waals surface area contributed by atoms with E-state index in [0.717, 1.165) is 18.2 Å². The Morgan fingerprint density at radius 3 is 2.73 bits per heavy atom. The molecule has 1 aromatic carbocycles. The molecule has 0 bridgehead atoms. The Hall–Kier alpha value is -1.12. The minimum Gasteiger partial charge on any atom is -0.383 e. The maximum Gasteiger partial charge on any atom is 0.146 e. The van der Waals surface area contributed by atoms with Crippen LogP contribution in [0, 0.1) is 11.6 Å². The van der Waals surface area contributed by atoms with Gasteiger partial charge in [-0.15, -0.1) is 0 Å².